The van der Waals surface area contributed by atoms with Crippen LogP contribution in [0.25, 0.3) is 10.9 Å². The molecule has 2 rings (SSSR count). The van der Waals surface area contributed by atoms with E-state index in [0.717, 1.165) is 11.1 Å². The first-order valence-corrected chi connectivity index (χ1v) is 7.95. The maximum atomic E-state index is 12.5. The van der Waals surface area contributed by atoms with E-state index < -0.39 is 13.0 Å². The van der Waals surface area contributed by atoms with Crippen molar-refractivity contribution in [3.63, 3.8) is 0 Å². The molecule has 3 N–H and O–H groups in total. The van der Waals surface area contributed by atoms with Crippen LogP contribution in [0.5, 0.6) is 5.75 Å². The van der Waals surface area contributed by atoms with E-state index in [1.807, 2.05) is 19.9 Å². The molecule has 0 amide bonds. The number of fused-ring (bicyclic) bond motifs is 1. The number of nitrogens with two attached hydrogens (primary N) is 1. The standard InChI is InChI=1S/C19H22F2N2O2/c1-5-13(11(4)22)19(24)16-6-12-7-17(25-9-18(20)21)14(10(2)3)8-15(12)23-16/h5-8,10,18,23H,1,9,22H2,2-4H3/b13-11-. The highest BCUT2D eigenvalue weighted by atomic mass is 19.3. The third-order valence-electron chi connectivity index (χ3n) is 3.86. The second-order valence-electron chi connectivity index (χ2n) is 6.15. The Morgan fingerprint density at radius 2 is 2.04 bits per heavy atom. The largest absolute Gasteiger partial charge is 0.487 e. The molecule has 0 aliphatic heterocycles. The summed E-state index contributed by atoms with van der Waals surface area (Å²) in [6, 6.07) is 5.15. The predicted molar refractivity (Wildman–Crippen MR) is 95.3 cm³/mol. The number of hydrogen-bond acceptors (Lipinski definition) is 3. The third-order valence-corrected chi connectivity index (χ3v) is 3.86. The van der Waals surface area contributed by atoms with Crippen LogP contribution in [0.4, 0.5) is 8.78 Å². The van der Waals surface area contributed by atoms with Crippen LogP contribution in [-0.2, 0) is 0 Å². The van der Waals surface area contributed by atoms with E-state index in [-0.39, 0.29) is 11.7 Å². The van der Waals surface area contributed by atoms with E-state index in [4.69, 9.17) is 10.5 Å². The van der Waals surface area contributed by atoms with E-state index >= 15 is 0 Å². The maximum Gasteiger partial charge on any atom is 0.272 e. The summed E-state index contributed by atoms with van der Waals surface area (Å²) in [7, 11) is 0. The summed E-state index contributed by atoms with van der Waals surface area (Å²) in [6.07, 6.45) is -1.13. The lowest BCUT2D eigenvalue weighted by atomic mass is 10.0. The number of allylic oxidation sites excluding steroid dienone is 3. The lowest BCUT2D eigenvalue weighted by Gasteiger charge is -2.14. The highest BCUT2D eigenvalue weighted by molar-refractivity contribution is 6.11. The fourth-order valence-electron chi connectivity index (χ4n) is 2.61. The summed E-state index contributed by atoms with van der Waals surface area (Å²) in [5.74, 6) is 0.206. The number of hydrogen-bond donors (Lipinski definition) is 2. The van der Waals surface area contributed by atoms with Gasteiger partial charge in [-0.05, 0) is 36.6 Å². The number of aromatic amines is 1. The smallest absolute Gasteiger partial charge is 0.272 e. The minimum atomic E-state index is -2.55. The first-order valence-electron chi connectivity index (χ1n) is 7.95. The van der Waals surface area contributed by atoms with Crippen LogP contribution in [0.1, 0.15) is 42.7 Å². The van der Waals surface area contributed by atoms with Crippen molar-refractivity contribution in [1.82, 2.24) is 4.98 Å². The third kappa shape index (κ3) is 4.07. The molecular formula is C19H22F2N2O2. The van der Waals surface area contributed by atoms with Gasteiger partial charge in [-0.15, -0.1) is 0 Å². The van der Waals surface area contributed by atoms with Gasteiger partial charge in [-0.1, -0.05) is 26.5 Å². The average molecular weight is 348 g/mol. The van der Waals surface area contributed by atoms with Crippen LogP contribution >= 0.6 is 0 Å². The fourth-order valence-corrected chi connectivity index (χ4v) is 2.61. The molecule has 2 aromatic rings. The van der Waals surface area contributed by atoms with Crippen LogP contribution in [0.2, 0.25) is 0 Å². The summed E-state index contributed by atoms with van der Waals surface area (Å²) in [5, 5.41) is 0.704. The maximum absolute atomic E-state index is 12.5. The predicted octanol–water partition coefficient (Wildman–Crippen LogP) is 4.54. The van der Waals surface area contributed by atoms with Gasteiger partial charge in [0.25, 0.3) is 6.43 Å². The van der Waals surface area contributed by atoms with Crippen molar-refractivity contribution < 1.29 is 18.3 Å². The van der Waals surface area contributed by atoms with Crippen LogP contribution in [0.15, 0.2) is 42.1 Å². The van der Waals surface area contributed by atoms with E-state index in [0.29, 0.717) is 28.1 Å². The first-order chi connectivity index (χ1) is 11.7. The number of rotatable bonds is 7. The molecule has 4 nitrogen and oxygen atoms in total. The van der Waals surface area contributed by atoms with Crippen LogP contribution in [-0.4, -0.2) is 23.8 Å². The molecule has 0 bridgehead atoms. The number of alkyl halides is 2. The number of nitrogens with one attached hydrogen (secondary N) is 1. The summed E-state index contributed by atoms with van der Waals surface area (Å²) >= 11 is 0. The normalized spacial score (nSPS) is 12.6. The van der Waals surface area contributed by atoms with Crippen LogP contribution in [0, 0.1) is 0 Å². The molecule has 1 heterocycles. The molecule has 0 spiro atoms. The Balaban J connectivity index is 2.50. The highest BCUT2D eigenvalue weighted by Crippen LogP contribution is 2.32. The SMILES string of the molecule is C=C/C(C(=O)c1cc2cc(OCC(F)F)c(C(C)C)cc2[nH]1)=C(\C)N. The molecule has 0 saturated heterocycles. The number of H-pyrrole nitrogens is 1. The van der Waals surface area contributed by atoms with Gasteiger partial charge in [-0.25, -0.2) is 8.78 Å². The molecule has 0 aliphatic carbocycles. The van der Waals surface area contributed by atoms with Crippen molar-refractivity contribution in [2.24, 2.45) is 5.73 Å². The molecule has 0 aliphatic rings. The number of carbonyl (C=O) groups is 1. The number of halogens is 2. The van der Waals surface area contributed by atoms with Crippen molar-refractivity contribution in [2.45, 2.75) is 33.1 Å². The Morgan fingerprint density at radius 3 is 2.56 bits per heavy atom. The molecule has 25 heavy (non-hydrogen) atoms. The first kappa shape index (κ1) is 18.7. The number of benzene rings is 1. The van der Waals surface area contributed by atoms with Gasteiger partial charge < -0.3 is 15.5 Å². The van der Waals surface area contributed by atoms with E-state index in [1.54, 1.807) is 19.1 Å². The Bertz CT molecular complexity index is 831. The second-order valence-corrected chi connectivity index (χ2v) is 6.15. The Kier molecular flexibility index (Phi) is 5.62. The molecule has 1 aromatic carbocycles. The van der Waals surface area contributed by atoms with E-state index in [9.17, 15) is 13.6 Å². The van der Waals surface area contributed by atoms with Crippen molar-refractivity contribution in [3.8, 4) is 5.75 Å². The second kappa shape index (κ2) is 7.51. The van der Waals surface area contributed by atoms with Gasteiger partial charge in [0.05, 0.1) is 5.69 Å². The fraction of sp³-hybridized carbons (Fsp3) is 0.316. The zero-order chi connectivity index (χ0) is 18.7. The van der Waals surface area contributed by atoms with Crippen molar-refractivity contribution in [1.29, 1.82) is 0 Å². The molecule has 0 saturated carbocycles. The minimum absolute atomic E-state index is 0.0782. The highest BCUT2D eigenvalue weighted by Gasteiger charge is 2.17. The molecule has 1 aromatic heterocycles. The van der Waals surface area contributed by atoms with Crippen LogP contribution < -0.4 is 10.5 Å². The average Bonchev–Trinajstić information content (AvgIpc) is 2.94. The van der Waals surface area contributed by atoms with Gasteiger partial charge in [0.2, 0.25) is 5.78 Å². The zero-order valence-corrected chi connectivity index (χ0v) is 14.5. The zero-order valence-electron chi connectivity index (χ0n) is 14.5. The summed E-state index contributed by atoms with van der Waals surface area (Å²) < 4.78 is 30.2. The molecule has 0 atom stereocenters. The minimum Gasteiger partial charge on any atom is -0.487 e. The number of ketones is 1. The van der Waals surface area contributed by atoms with Crippen LogP contribution in [0.3, 0.4) is 0 Å². The van der Waals surface area contributed by atoms with Gasteiger partial charge >= 0.3 is 0 Å². The Labute approximate surface area is 145 Å². The number of Topliss-reactive ketones (excluding diaryl/α,β-unsaturated/α-hetero) is 1. The molecular weight excluding hydrogens is 326 g/mol. The topological polar surface area (TPSA) is 68.1 Å². The molecule has 0 radical (unpaired) electrons. The molecule has 6 heteroatoms. The molecule has 0 unspecified atom stereocenters. The molecule has 134 valence electrons. The number of ether oxygens (including phenoxy) is 1. The van der Waals surface area contributed by atoms with Gasteiger partial charge in [0, 0.05) is 22.2 Å². The van der Waals surface area contributed by atoms with Crippen molar-refractivity contribution in [2.75, 3.05) is 6.61 Å². The van der Waals surface area contributed by atoms with E-state index in [2.05, 4.69) is 11.6 Å². The van der Waals surface area contributed by atoms with Crippen molar-refractivity contribution >= 4 is 16.7 Å². The number of carbonyl (C=O) groups excluding carboxylic acids is 1. The Morgan fingerprint density at radius 1 is 1.36 bits per heavy atom. The van der Waals surface area contributed by atoms with Gasteiger partial charge in [-0.2, -0.15) is 0 Å². The van der Waals surface area contributed by atoms with Gasteiger partial charge in [0.15, 0.2) is 0 Å². The van der Waals surface area contributed by atoms with Crippen molar-refractivity contribution in [3.05, 3.63) is 53.4 Å². The number of aromatic nitrogens is 1. The van der Waals surface area contributed by atoms with Gasteiger partial charge in [-0.3, -0.25) is 4.79 Å². The Hall–Kier alpha value is -2.63. The lowest BCUT2D eigenvalue weighted by molar-refractivity contribution is 0.0813. The summed E-state index contributed by atoms with van der Waals surface area (Å²) in [4.78, 5) is 15.6. The lowest BCUT2D eigenvalue weighted by Crippen LogP contribution is -2.08. The monoisotopic (exact) mass is 348 g/mol. The van der Waals surface area contributed by atoms with Gasteiger partial charge in [0.1, 0.15) is 12.4 Å². The molecule has 0 fully saturated rings. The summed E-state index contributed by atoms with van der Waals surface area (Å²) in [5.41, 5.74) is 8.30. The summed E-state index contributed by atoms with van der Waals surface area (Å²) in [6.45, 7) is 8.46. The quantitative estimate of drug-likeness (QED) is 0.439. The van der Waals surface area contributed by atoms with E-state index in [1.165, 1.54) is 6.08 Å².